The van der Waals surface area contributed by atoms with Gasteiger partial charge in [-0.2, -0.15) is 0 Å². The van der Waals surface area contributed by atoms with Crippen molar-refractivity contribution in [2.75, 3.05) is 0 Å². The Balaban J connectivity index is 3.09. The summed E-state index contributed by atoms with van der Waals surface area (Å²) in [4.78, 5) is 0. The van der Waals surface area contributed by atoms with Crippen LogP contribution in [0, 0.1) is 6.92 Å². The summed E-state index contributed by atoms with van der Waals surface area (Å²) in [6.07, 6.45) is 0. The number of fused-ring (bicyclic) bond motifs is 1. The molecular weight excluding hydrogens is 309 g/mol. The van der Waals surface area contributed by atoms with Gasteiger partial charge in [0.25, 0.3) is 0 Å². The first-order valence-corrected chi connectivity index (χ1v) is 6.25. The largest absolute Gasteiger partial charge is 0.0833 e. The number of benzene rings is 2. The summed E-state index contributed by atoms with van der Waals surface area (Å²) in [5.41, 5.74) is 0.908. The molecule has 0 heterocycles. The lowest BCUT2D eigenvalue weighted by Crippen LogP contribution is -1.85. The summed E-state index contributed by atoms with van der Waals surface area (Å²) in [5, 5.41) is 3.07. The monoisotopic (exact) mass is 312 g/mol. The smallest absolute Gasteiger partial charge is 0.0800 e. The van der Waals surface area contributed by atoms with E-state index in [9.17, 15) is 0 Å². The van der Waals surface area contributed by atoms with Gasteiger partial charge in [0, 0.05) is 10.8 Å². The van der Waals surface area contributed by atoms with Crippen LogP contribution in [0.2, 0.25) is 25.1 Å². The average Bonchev–Trinajstić information content (AvgIpc) is 2.27. The molecule has 0 aliphatic heterocycles. The van der Waals surface area contributed by atoms with E-state index in [1.807, 2.05) is 19.1 Å². The molecule has 2 aromatic carbocycles. The molecule has 0 spiro atoms. The second kappa shape index (κ2) is 4.44. The Morgan fingerprint density at radius 2 is 1.25 bits per heavy atom. The molecule has 5 heteroatoms. The van der Waals surface area contributed by atoms with E-state index in [1.165, 1.54) is 0 Å². The van der Waals surface area contributed by atoms with Gasteiger partial charge in [0.05, 0.1) is 25.1 Å². The molecular formula is C11H5Cl5. The van der Waals surface area contributed by atoms with Crippen molar-refractivity contribution in [2.45, 2.75) is 6.92 Å². The lowest BCUT2D eigenvalue weighted by atomic mass is 10.1. The summed E-state index contributed by atoms with van der Waals surface area (Å²) in [6, 6.07) is 3.68. The fourth-order valence-electron chi connectivity index (χ4n) is 1.50. The standard InChI is InChI=1S/C11H5Cl5/c1-4-2-3-5-6(7(4)12)9(14)11(16)10(15)8(5)13/h2-3H,1H3. The van der Waals surface area contributed by atoms with Gasteiger partial charge in [0.1, 0.15) is 0 Å². The first kappa shape index (κ1) is 12.6. The molecule has 16 heavy (non-hydrogen) atoms. The molecule has 0 radical (unpaired) electrons. The zero-order valence-electron chi connectivity index (χ0n) is 8.04. The quantitative estimate of drug-likeness (QED) is 0.389. The molecule has 0 bridgehead atoms. The van der Waals surface area contributed by atoms with Gasteiger partial charge < -0.3 is 0 Å². The van der Waals surface area contributed by atoms with Crippen molar-refractivity contribution in [2.24, 2.45) is 0 Å². The molecule has 0 unspecified atom stereocenters. The van der Waals surface area contributed by atoms with Gasteiger partial charge in [-0.3, -0.25) is 0 Å². The Bertz CT molecular complexity index is 589. The molecule has 2 aromatic rings. The minimum Gasteiger partial charge on any atom is -0.0833 e. The van der Waals surface area contributed by atoms with E-state index in [2.05, 4.69) is 0 Å². The highest BCUT2D eigenvalue weighted by Gasteiger charge is 2.17. The Labute approximate surface area is 118 Å². The third kappa shape index (κ3) is 1.77. The molecule has 0 atom stereocenters. The first-order valence-electron chi connectivity index (χ1n) is 4.36. The zero-order chi connectivity index (χ0) is 12.0. The second-order valence-corrected chi connectivity index (χ2v) is 5.26. The van der Waals surface area contributed by atoms with Crippen molar-refractivity contribution in [1.82, 2.24) is 0 Å². The Hall–Kier alpha value is 0.150. The van der Waals surface area contributed by atoms with Gasteiger partial charge >= 0.3 is 0 Å². The molecule has 0 saturated heterocycles. The van der Waals surface area contributed by atoms with E-state index >= 15 is 0 Å². The van der Waals surface area contributed by atoms with E-state index in [0.29, 0.717) is 25.8 Å². The molecule has 84 valence electrons. The minimum atomic E-state index is 0.230. The highest BCUT2D eigenvalue weighted by atomic mass is 35.5. The van der Waals surface area contributed by atoms with E-state index in [0.717, 1.165) is 5.56 Å². The van der Waals surface area contributed by atoms with Gasteiger partial charge in [-0.1, -0.05) is 70.1 Å². The molecule has 2 rings (SSSR count). The van der Waals surface area contributed by atoms with Gasteiger partial charge in [0.15, 0.2) is 0 Å². The minimum absolute atomic E-state index is 0.230. The highest BCUT2D eigenvalue weighted by molar-refractivity contribution is 6.56. The van der Waals surface area contributed by atoms with Gasteiger partial charge in [-0.05, 0) is 12.5 Å². The fraction of sp³-hybridized carbons (Fsp3) is 0.0909. The molecule has 0 aromatic heterocycles. The van der Waals surface area contributed by atoms with Crippen molar-refractivity contribution >= 4 is 68.8 Å². The van der Waals surface area contributed by atoms with Crippen LogP contribution >= 0.6 is 58.0 Å². The van der Waals surface area contributed by atoms with Crippen molar-refractivity contribution < 1.29 is 0 Å². The maximum absolute atomic E-state index is 6.18. The van der Waals surface area contributed by atoms with Gasteiger partial charge in [-0.25, -0.2) is 0 Å². The summed E-state index contributed by atoms with van der Waals surface area (Å²) < 4.78 is 0. The maximum atomic E-state index is 6.18. The van der Waals surface area contributed by atoms with Crippen LogP contribution < -0.4 is 0 Å². The molecule has 0 saturated carbocycles. The first-order chi connectivity index (χ1) is 7.45. The Morgan fingerprint density at radius 3 is 1.88 bits per heavy atom. The SMILES string of the molecule is Cc1ccc2c(Cl)c(Cl)c(Cl)c(Cl)c2c1Cl. The van der Waals surface area contributed by atoms with Crippen molar-refractivity contribution in [3.63, 3.8) is 0 Å². The number of aryl methyl sites for hydroxylation is 1. The zero-order valence-corrected chi connectivity index (χ0v) is 11.8. The number of rotatable bonds is 0. The third-order valence-corrected chi connectivity index (χ3v) is 4.67. The van der Waals surface area contributed by atoms with Gasteiger partial charge in [-0.15, -0.1) is 0 Å². The molecule has 0 aliphatic rings. The number of halogens is 5. The van der Waals surface area contributed by atoms with E-state index in [1.54, 1.807) is 0 Å². The highest BCUT2D eigenvalue weighted by Crippen LogP contribution is 2.45. The van der Waals surface area contributed by atoms with Crippen LogP contribution in [-0.4, -0.2) is 0 Å². The van der Waals surface area contributed by atoms with Crippen LogP contribution in [0.25, 0.3) is 10.8 Å². The van der Waals surface area contributed by atoms with Crippen molar-refractivity contribution in [3.8, 4) is 0 Å². The third-order valence-electron chi connectivity index (χ3n) is 2.37. The topological polar surface area (TPSA) is 0 Å². The molecule has 0 amide bonds. The average molecular weight is 314 g/mol. The van der Waals surface area contributed by atoms with Crippen LogP contribution in [-0.2, 0) is 0 Å². The number of hydrogen-bond donors (Lipinski definition) is 0. The Morgan fingerprint density at radius 1 is 0.688 bits per heavy atom. The van der Waals surface area contributed by atoms with Crippen molar-refractivity contribution in [1.29, 1.82) is 0 Å². The van der Waals surface area contributed by atoms with Crippen LogP contribution in [0.3, 0.4) is 0 Å². The van der Waals surface area contributed by atoms with E-state index < -0.39 is 0 Å². The predicted molar refractivity (Wildman–Crippen MR) is 73.7 cm³/mol. The second-order valence-electron chi connectivity index (χ2n) is 3.37. The fourth-order valence-corrected chi connectivity index (χ4v) is 2.83. The van der Waals surface area contributed by atoms with Crippen molar-refractivity contribution in [3.05, 3.63) is 42.8 Å². The predicted octanol–water partition coefficient (Wildman–Crippen LogP) is 6.42. The van der Waals surface area contributed by atoms with E-state index in [-0.39, 0.29) is 10.0 Å². The maximum Gasteiger partial charge on any atom is 0.0800 e. The molecule has 0 N–H and O–H groups in total. The number of hydrogen-bond acceptors (Lipinski definition) is 0. The molecule has 0 fully saturated rings. The van der Waals surface area contributed by atoms with Gasteiger partial charge in [0.2, 0.25) is 0 Å². The summed E-state index contributed by atoms with van der Waals surface area (Å²) in [5.74, 6) is 0. The normalized spacial score (nSPS) is 11.1. The summed E-state index contributed by atoms with van der Waals surface area (Å²) >= 11 is 30.3. The lowest BCUT2D eigenvalue weighted by molar-refractivity contribution is 1.50. The summed E-state index contributed by atoms with van der Waals surface area (Å²) in [6.45, 7) is 1.88. The van der Waals surface area contributed by atoms with Crippen LogP contribution in [0.5, 0.6) is 0 Å². The van der Waals surface area contributed by atoms with Crippen LogP contribution in [0.15, 0.2) is 12.1 Å². The Kier molecular flexibility index (Phi) is 3.49. The molecule has 0 nitrogen and oxygen atoms in total. The molecule has 0 aliphatic carbocycles. The summed E-state index contributed by atoms with van der Waals surface area (Å²) in [7, 11) is 0. The van der Waals surface area contributed by atoms with Crippen LogP contribution in [0.4, 0.5) is 0 Å². The van der Waals surface area contributed by atoms with E-state index in [4.69, 9.17) is 58.0 Å². The van der Waals surface area contributed by atoms with Crippen LogP contribution in [0.1, 0.15) is 5.56 Å². The lowest BCUT2D eigenvalue weighted by Gasteiger charge is -2.11.